The number of aliphatic hydroxyl groups is 1. The van der Waals surface area contributed by atoms with Gasteiger partial charge in [-0.05, 0) is 105 Å². The van der Waals surface area contributed by atoms with Crippen LogP contribution in [0.4, 0.5) is 0 Å². The Morgan fingerprint density at radius 2 is 1.84 bits per heavy atom. The van der Waals surface area contributed by atoms with Crippen LogP contribution in [0.5, 0.6) is 0 Å². The first kappa shape index (κ1) is 24.7. The first-order valence-electron chi connectivity index (χ1n) is 13.2. The Kier molecular flexibility index (Phi) is 6.95. The normalized spacial score (nSPS) is 43.6. The summed E-state index contributed by atoms with van der Waals surface area (Å²) >= 11 is 0. The molecule has 0 heterocycles. The highest BCUT2D eigenvalue weighted by atomic mass is 32.2. The summed E-state index contributed by atoms with van der Waals surface area (Å²) in [6, 6.07) is 0. The topological polar surface area (TPSA) is 63.6 Å². The van der Waals surface area contributed by atoms with Gasteiger partial charge in [0.05, 0.1) is 18.5 Å². The molecule has 0 radical (unpaired) electrons. The minimum Gasteiger partial charge on any atom is -0.393 e. The van der Waals surface area contributed by atoms with Crippen molar-refractivity contribution in [3.63, 3.8) is 0 Å². The Hall–Kier alpha value is -0.390. The van der Waals surface area contributed by atoms with Gasteiger partial charge in [-0.1, -0.05) is 45.3 Å². The molecule has 0 aromatic heterocycles. The molecule has 0 amide bonds. The third kappa shape index (κ3) is 4.60. The summed E-state index contributed by atoms with van der Waals surface area (Å²) in [5, 5.41) is 10.2. The van der Waals surface area contributed by atoms with Crippen LogP contribution in [0, 0.1) is 40.4 Å². The molecule has 32 heavy (non-hydrogen) atoms. The number of fused-ring (bicyclic) bond motifs is 5. The molecule has 0 saturated heterocycles. The molecule has 4 aliphatic rings. The minimum atomic E-state index is -3.36. The molecule has 1 N–H and O–H groups in total. The van der Waals surface area contributed by atoms with Crippen molar-refractivity contribution in [3.05, 3.63) is 11.6 Å². The van der Waals surface area contributed by atoms with E-state index in [0.717, 1.165) is 68.5 Å². The molecule has 8 unspecified atom stereocenters. The number of hydrogen-bond acceptors (Lipinski definition) is 4. The van der Waals surface area contributed by atoms with E-state index < -0.39 is 10.1 Å². The van der Waals surface area contributed by atoms with Gasteiger partial charge in [-0.15, -0.1) is 0 Å². The molecule has 0 spiro atoms. The first-order chi connectivity index (χ1) is 14.9. The maximum Gasteiger partial charge on any atom is 0.264 e. The fourth-order valence-electron chi connectivity index (χ4n) is 8.89. The molecule has 3 fully saturated rings. The zero-order chi connectivity index (χ0) is 23.3. The van der Waals surface area contributed by atoms with E-state index in [2.05, 4.69) is 26.8 Å². The molecule has 5 heteroatoms. The van der Waals surface area contributed by atoms with Gasteiger partial charge >= 0.3 is 0 Å². The van der Waals surface area contributed by atoms with E-state index in [1.54, 1.807) is 5.57 Å². The van der Waals surface area contributed by atoms with Crippen LogP contribution in [0.3, 0.4) is 0 Å². The summed E-state index contributed by atoms with van der Waals surface area (Å²) in [5.74, 6) is 3.92. The molecule has 0 aliphatic heterocycles. The van der Waals surface area contributed by atoms with Crippen LogP contribution in [-0.2, 0) is 14.3 Å². The van der Waals surface area contributed by atoms with Gasteiger partial charge in [-0.2, -0.15) is 8.42 Å². The lowest BCUT2D eigenvalue weighted by atomic mass is 9.47. The standard InChI is InChI=1S/C27H46O4S/c1-18(7-6-8-19(2)31-32(5,29)30)23-11-12-24-22-10-9-20-17-21(28)13-15-26(20,3)25(22)14-16-27(23,24)4/h9,18-19,21-25,28H,6-8,10-17H2,1-5H3/t18?,19?,21-,22?,23?,24?,25?,26?,27?/m1/s1. The van der Waals surface area contributed by atoms with E-state index in [4.69, 9.17) is 4.18 Å². The number of aliphatic hydroxyl groups excluding tert-OH is 1. The van der Waals surface area contributed by atoms with Crippen LogP contribution >= 0.6 is 0 Å². The second-order valence-corrected chi connectivity index (χ2v) is 14.0. The van der Waals surface area contributed by atoms with Gasteiger partial charge in [0.2, 0.25) is 0 Å². The van der Waals surface area contributed by atoms with Gasteiger partial charge in [0, 0.05) is 0 Å². The van der Waals surface area contributed by atoms with Crippen LogP contribution in [0.2, 0.25) is 0 Å². The third-order valence-electron chi connectivity index (χ3n) is 10.4. The molecule has 4 nitrogen and oxygen atoms in total. The quantitative estimate of drug-likeness (QED) is 0.364. The third-order valence-corrected chi connectivity index (χ3v) is 11.1. The van der Waals surface area contributed by atoms with Gasteiger partial charge in [-0.3, -0.25) is 4.18 Å². The average Bonchev–Trinajstić information content (AvgIpc) is 3.04. The van der Waals surface area contributed by atoms with Crippen molar-refractivity contribution < 1.29 is 17.7 Å². The predicted octanol–water partition coefficient (Wildman–Crippen LogP) is 6.10. The van der Waals surface area contributed by atoms with Crippen molar-refractivity contribution in [2.24, 2.45) is 40.4 Å². The van der Waals surface area contributed by atoms with Gasteiger partial charge < -0.3 is 5.11 Å². The van der Waals surface area contributed by atoms with Crippen molar-refractivity contribution in [1.29, 1.82) is 0 Å². The maximum absolute atomic E-state index is 11.4. The number of allylic oxidation sites excluding steroid dienone is 1. The summed E-state index contributed by atoms with van der Waals surface area (Å²) in [6.45, 7) is 9.42. The minimum absolute atomic E-state index is 0.123. The lowest BCUT2D eigenvalue weighted by Crippen LogP contribution is -2.50. The molecule has 3 saturated carbocycles. The second-order valence-electron chi connectivity index (χ2n) is 12.4. The smallest absolute Gasteiger partial charge is 0.264 e. The van der Waals surface area contributed by atoms with Crippen LogP contribution < -0.4 is 0 Å². The molecular formula is C27H46O4S. The molecule has 0 aromatic rings. The highest BCUT2D eigenvalue weighted by Gasteiger charge is 2.59. The Balaban J connectivity index is 1.39. The molecular weight excluding hydrogens is 420 g/mol. The van der Waals surface area contributed by atoms with Gasteiger partial charge in [0.25, 0.3) is 10.1 Å². The van der Waals surface area contributed by atoms with Crippen molar-refractivity contribution in [3.8, 4) is 0 Å². The summed E-state index contributed by atoms with van der Waals surface area (Å²) in [4.78, 5) is 0. The fraction of sp³-hybridized carbons (Fsp3) is 0.926. The molecule has 184 valence electrons. The van der Waals surface area contributed by atoms with Crippen molar-refractivity contribution >= 4 is 10.1 Å². The van der Waals surface area contributed by atoms with Crippen LogP contribution in [-0.4, -0.2) is 32.0 Å². The van der Waals surface area contributed by atoms with E-state index in [1.165, 1.54) is 32.1 Å². The van der Waals surface area contributed by atoms with Gasteiger partial charge in [0.15, 0.2) is 0 Å². The van der Waals surface area contributed by atoms with Crippen LogP contribution in [0.15, 0.2) is 11.6 Å². The maximum atomic E-state index is 11.4. The van der Waals surface area contributed by atoms with Crippen molar-refractivity contribution in [1.82, 2.24) is 0 Å². The summed E-state index contributed by atoms with van der Waals surface area (Å²) in [7, 11) is -3.36. The SMILES string of the molecule is CC(CCCC(C)C1CCC2C3CC=C4C[C@H](O)CCC4(C)C3CCC12C)OS(C)(=O)=O. The highest BCUT2D eigenvalue weighted by Crippen LogP contribution is 2.67. The van der Waals surface area contributed by atoms with E-state index >= 15 is 0 Å². The second kappa shape index (κ2) is 9.00. The number of rotatable bonds is 7. The lowest BCUT2D eigenvalue weighted by Gasteiger charge is -2.58. The zero-order valence-corrected chi connectivity index (χ0v) is 21.8. The van der Waals surface area contributed by atoms with E-state index in [1.807, 2.05) is 6.92 Å². The Bertz CT molecular complexity index is 820. The average molecular weight is 467 g/mol. The molecule has 0 aromatic carbocycles. The Morgan fingerprint density at radius 1 is 1.09 bits per heavy atom. The summed E-state index contributed by atoms with van der Waals surface area (Å²) < 4.78 is 27.8. The highest BCUT2D eigenvalue weighted by molar-refractivity contribution is 7.86. The number of hydrogen-bond donors (Lipinski definition) is 1. The van der Waals surface area contributed by atoms with Crippen molar-refractivity contribution in [2.45, 2.75) is 111 Å². The zero-order valence-electron chi connectivity index (χ0n) is 21.0. The molecule has 0 bridgehead atoms. The van der Waals surface area contributed by atoms with E-state index in [-0.39, 0.29) is 12.2 Å². The molecule has 4 aliphatic carbocycles. The first-order valence-corrected chi connectivity index (χ1v) is 15.0. The summed E-state index contributed by atoms with van der Waals surface area (Å²) in [6.07, 6.45) is 16.0. The lowest BCUT2D eigenvalue weighted by molar-refractivity contribution is -0.0573. The molecule has 9 atom stereocenters. The fourth-order valence-corrected chi connectivity index (χ4v) is 9.58. The van der Waals surface area contributed by atoms with Gasteiger partial charge in [-0.25, -0.2) is 0 Å². The summed E-state index contributed by atoms with van der Waals surface area (Å²) in [5.41, 5.74) is 2.34. The van der Waals surface area contributed by atoms with Gasteiger partial charge in [0.1, 0.15) is 0 Å². The monoisotopic (exact) mass is 466 g/mol. The predicted molar refractivity (Wildman–Crippen MR) is 130 cm³/mol. The Morgan fingerprint density at radius 3 is 2.56 bits per heavy atom. The van der Waals surface area contributed by atoms with E-state index in [0.29, 0.717) is 16.7 Å². The molecule has 4 rings (SSSR count). The van der Waals surface area contributed by atoms with Crippen molar-refractivity contribution in [2.75, 3.05) is 6.26 Å². The van der Waals surface area contributed by atoms with Crippen LogP contribution in [0.1, 0.15) is 98.3 Å². The largest absolute Gasteiger partial charge is 0.393 e. The van der Waals surface area contributed by atoms with Crippen LogP contribution in [0.25, 0.3) is 0 Å². The Labute approximate surface area is 196 Å². The van der Waals surface area contributed by atoms with E-state index in [9.17, 15) is 13.5 Å².